The molecule has 4 heteroatoms. The predicted molar refractivity (Wildman–Crippen MR) is 75.1 cm³/mol. The zero-order chi connectivity index (χ0) is 14.2. The molecular weight excluding hydrogens is 311 g/mol. The van der Waals surface area contributed by atoms with Gasteiger partial charge in [-0.25, -0.2) is 4.39 Å². The van der Waals surface area contributed by atoms with Crippen molar-refractivity contribution in [3.8, 4) is 0 Å². The Bertz CT molecular complexity index is 644. The van der Waals surface area contributed by atoms with Gasteiger partial charge in [0.2, 0.25) is 0 Å². The second kappa shape index (κ2) is 5.29. The maximum atomic E-state index is 13.4. The van der Waals surface area contributed by atoms with Gasteiger partial charge in [-0.1, -0.05) is 12.1 Å². The quantitative estimate of drug-likeness (QED) is 0.776. The predicted octanol–water partition coefficient (Wildman–Crippen LogP) is 4.53. The lowest BCUT2D eigenvalue weighted by atomic mass is 10.00. The summed E-state index contributed by atoms with van der Waals surface area (Å²) in [6.45, 7) is 5.46. The van der Waals surface area contributed by atoms with Crippen molar-refractivity contribution in [1.29, 1.82) is 0 Å². The highest BCUT2D eigenvalue weighted by Gasteiger charge is 2.19. The van der Waals surface area contributed by atoms with E-state index in [0.29, 0.717) is 21.4 Å². The molecule has 0 fully saturated rings. The topological polar surface area (TPSA) is 30.2 Å². The molecule has 0 aliphatic carbocycles. The molecule has 2 aromatic rings. The summed E-state index contributed by atoms with van der Waals surface area (Å²) >= 11 is 3.17. The third-order valence-corrected chi connectivity index (χ3v) is 4.11. The number of hydrogen-bond donors (Lipinski definition) is 0. The SMILES string of the molecule is Cc1oc(C)c(C(=O)Cc2cccc(F)c2Br)c1C. The van der Waals surface area contributed by atoms with Crippen LogP contribution in [-0.4, -0.2) is 5.78 Å². The lowest BCUT2D eigenvalue weighted by molar-refractivity contribution is 0.0991. The van der Waals surface area contributed by atoms with Crippen LogP contribution in [0.2, 0.25) is 0 Å². The average Bonchev–Trinajstić information content (AvgIpc) is 2.59. The maximum absolute atomic E-state index is 13.4. The molecule has 0 saturated heterocycles. The van der Waals surface area contributed by atoms with Gasteiger partial charge in [0.15, 0.2) is 5.78 Å². The summed E-state index contributed by atoms with van der Waals surface area (Å²) in [6, 6.07) is 4.70. The normalized spacial score (nSPS) is 10.8. The summed E-state index contributed by atoms with van der Waals surface area (Å²) in [4.78, 5) is 12.3. The molecule has 0 atom stereocenters. The molecule has 0 aliphatic rings. The second-order valence-electron chi connectivity index (χ2n) is 4.53. The Morgan fingerprint density at radius 1 is 1.26 bits per heavy atom. The van der Waals surface area contributed by atoms with Crippen molar-refractivity contribution in [3.63, 3.8) is 0 Å². The van der Waals surface area contributed by atoms with Crippen molar-refractivity contribution in [2.75, 3.05) is 0 Å². The molecule has 2 rings (SSSR count). The van der Waals surface area contributed by atoms with Gasteiger partial charge in [0.1, 0.15) is 17.3 Å². The first-order valence-electron chi connectivity index (χ1n) is 5.94. The lowest BCUT2D eigenvalue weighted by Crippen LogP contribution is -2.06. The fraction of sp³-hybridized carbons (Fsp3) is 0.267. The molecular formula is C15H14BrFO2. The van der Waals surface area contributed by atoms with Crippen LogP contribution in [0.3, 0.4) is 0 Å². The first-order valence-corrected chi connectivity index (χ1v) is 6.73. The van der Waals surface area contributed by atoms with E-state index in [-0.39, 0.29) is 18.0 Å². The summed E-state index contributed by atoms with van der Waals surface area (Å²) in [6.07, 6.45) is 0.152. The molecule has 1 heterocycles. The van der Waals surface area contributed by atoms with Crippen molar-refractivity contribution in [3.05, 3.63) is 56.7 Å². The summed E-state index contributed by atoms with van der Waals surface area (Å²) in [5.41, 5.74) is 2.10. The van der Waals surface area contributed by atoms with Crippen molar-refractivity contribution < 1.29 is 13.6 Å². The van der Waals surface area contributed by atoms with Crippen LogP contribution in [0.25, 0.3) is 0 Å². The van der Waals surface area contributed by atoms with Gasteiger partial charge in [-0.2, -0.15) is 0 Å². The summed E-state index contributed by atoms with van der Waals surface area (Å²) < 4.78 is 19.2. The van der Waals surface area contributed by atoms with Crippen LogP contribution in [0.5, 0.6) is 0 Å². The van der Waals surface area contributed by atoms with E-state index in [1.165, 1.54) is 6.07 Å². The third-order valence-electron chi connectivity index (χ3n) is 3.22. The number of ketones is 1. The molecule has 0 bridgehead atoms. The van der Waals surface area contributed by atoms with Gasteiger partial charge >= 0.3 is 0 Å². The molecule has 2 nitrogen and oxygen atoms in total. The molecule has 0 amide bonds. The van der Waals surface area contributed by atoms with E-state index < -0.39 is 0 Å². The van der Waals surface area contributed by atoms with E-state index in [1.54, 1.807) is 19.1 Å². The fourth-order valence-corrected chi connectivity index (χ4v) is 2.55. The molecule has 0 radical (unpaired) electrons. The van der Waals surface area contributed by atoms with Gasteiger partial charge in [-0.3, -0.25) is 4.79 Å². The van der Waals surface area contributed by atoms with Crippen LogP contribution >= 0.6 is 15.9 Å². The minimum Gasteiger partial charge on any atom is -0.466 e. The third kappa shape index (κ3) is 2.63. The number of rotatable bonds is 3. The smallest absolute Gasteiger partial charge is 0.171 e. The Morgan fingerprint density at radius 3 is 2.53 bits per heavy atom. The van der Waals surface area contributed by atoms with E-state index in [4.69, 9.17) is 4.42 Å². The van der Waals surface area contributed by atoms with Crippen molar-refractivity contribution in [1.82, 2.24) is 0 Å². The van der Waals surface area contributed by atoms with Crippen LogP contribution in [-0.2, 0) is 6.42 Å². The highest BCUT2D eigenvalue weighted by atomic mass is 79.9. The van der Waals surface area contributed by atoms with E-state index in [1.807, 2.05) is 13.8 Å². The minimum atomic E-state index is -0.359. The number of aryl methyl sites for hydroxylation is 2. The number of halogens is 2. The Balaban J connectivity index is 2.34. The molecule has 0 unspecified atom stereocenters. The van der Waals surface area contributed by atoms with Gasteiger partial charge < -0.3 is 4.42 Å². The lowest BCUT2D eigenvalue weighted by Gasteiger charge is -2.05. The van der Waals surface area contributed by atoms with E-state index in [2.05, 4.69) is 15.9 Å². The number of carbonyl (C=O) groups excluding carboxylic acids is 1. The molecule has 0 aliphatic heterocycles. The van der Waals surface area contributed by atoms with Crippen LogP contribution in [0.1, 0.15) is 33.0 Å². The van der Waals surface area contributed by atoms with Gasteiger partial charge in [-0.15, -0.1) is 0 Å². The van der Waals surface area contributed by atoms with Crippen LogP contribution in [0, 0.1) is 26.6 Å². The number of Topliss-reactive ketones (excluding diaryl/α,β-unsaturated/α-hetero) is 1. The zero-order valence-electron chi connectivity index (χ0n) is 11.0. The van der Waals surface area contributed by atoms with E-state index in [9.17, 15) is 9.18 Å². The molecule has 0 spiro atoms. The van der Waals surface area contributed by atoms with E-state index in [0.717, 1.165) is 11.3 Å². The number of carbonyl (C=O) groups is 1. The number of furan rings is 1. The highest BCUT2D eigenvalue weighted by Crippen LogP contribution is 2.25. The Morgan fingerprint density at radius 2 is 1.95 bits per heavy atom. The second-order valence-corrected chi connectivity index (χ2v) is 5.32. The first-order chi connectivity index (χ1) is 8.91. The summed E-state index contributed by atoms with van der Waals surface area (Å²) in [5, 5.41) is 0. The maximum Gasteiger partial charge on any atom is 0.171 e. The van der Waals surface area contributed by atoms with Crippen LogP contribution in [0.4, 0.5) is 4.39 Å². The van der Waals surface area contributed by atoms with E-state index >= 15 is 0 Å². The number of hydrogen-bond acceptors (Lipinski definition) is 2. The largest absolute Gasteiger partial charge is 0.466 e. The monoisotopic (exact) mass is 324 g/mol. The first kappa shape index (κ1) is 14.0. The fourth-order valence-electron chi connectivity index (χ4n) is 2.15. The molecule has 0 saturated carbocycles. The van der Waals surface area contributed by atoms with Gasteiger partial charge in [-0.05, 0) is 48.3 Å². The van der Waals surface area contributed by atoms with Crippen molar-refractivity contribution in [2.45, 2.75) is 27.2 Å². The van der Waals surface area contributed by atoms with Crippen LogP contribution in [0.15, 0.2) is 27.1 Å². The molecule has 100 valence electrons. The minimum absolute atomic E-state index is 0.0573. The highest BCUT2D eigenvalue weighted by molar-refractivity contribution is 9.10. The van der Waals surface area contributed by atoms with Gasteiger partial charge in [0.05, 0.1) is 10.0 Å². The Labute approximate surface area is 119 Å². The average molecular weight is 325 g/mol. The standard InChI is InChI=1S/C15H14BrFO2/c1-8-9(2)19-10(3)14(8)13(18)7-11-5-4-6-12(17)15(11)16/h4-6H,7H2,1-3H3. The van der Waals surface area contributed by atoms with Crippen LogP contribution < -0.4 is 0 Å². The molecule has 1 aromatic heterocycles. The molecule has 1 aromatic carbocycles. The van der Waals surface area contributed by atoms with Gasteiger partial charge in [0.25, 0.3) is 0 Å². The van der Waals surface area contributed by atoms with Crippen molar-refractivity contribution in [2.24, 2.45) is 0 Å². The Hall–Kier alpha value is -1.42. The molecule has 0 N–H and O–H groups in total. The summed E-state index contributed by atoms with van der Waals surface area (Å²) in [5.74, 6) is 0.951. The van der Waals surface area contributed by atoms with Crippen molar-refractivity contribution >= 4 is 21.7 Å². The zero-order valence-corrected chi connectivity index (χ0v) is 12.6. The Kier molecular flexibility index (Phi) is 3.90. The summed E-state index contributed by atoms with van der Waals surface area (Å²) in [7, 11) is 0. The molecule has 19 heavy (non-hydrogen) atoms. The van der Waals surface area contributed by atoms with Gasteiger partial charge in [0, 0.05) is 12.0 Å². The number of benzene rings is 1.